The normalized spacial score (nSPS) is 27.3. The summed E-state index contributed by atoms with van der Waals surface area (Å²) in [6.07, 6.45) is -24.0. The first-order valence-corrected chi connectivity index (χ1v) is 39.9. The number of halogens is 5. The van der Waals surface area contributed by atoms with E-state index in [0.29, 0.717) is 32.7 Å². The summed E-state index contributed by atoms with van der Waals surface area (Å²) in [4.78, 5) is 135. The Labute approximate surface area is 714 Å². The Morgan fingerprint density at radius 2 is 1.31 bits per heavy atom. The number of aromatic hydroxyl groups is 3. The molecule has 3 saturated heterocycles. The van der Waals surface area contributed by atoms with Crippen LogP contribution in [0.25, 0.3) is 11.1 Å². The van der Waals surface area contributed by atoms with E-state index in [1.165, 1.54) is 38.2 Å². The molecule has 0 aromatic heterocycles. The molecule has 8 aliphatic heterocycles. The fraction of sp³-hybridized carbons (Fsp3) is 0.444. The third-order valence-electron chi connectivity index (χ3n) is 21.9. The van der Waals surface area contributed by atoms with Crippen LogP contribution < -0.4 is 72.5 Å². The minimum Gasteiger partial charge on any atom is -0.508 e. The van der Waals surface area contributed by atoms with Crippen LogP contribution in [0.4, 0.5) is 18.9 Å². The highest BCUT2D eigenvalue weighted by Gasteiger charge is 2.53. The number of phenols is 3. The number of ether oxygens (including phenoxy) is 7. The van der Waals surface area contributed by atoms with Crippen LogP contribution in [0.5, 0.6) is 51.7 Å². The Kier molecular flexibility index (Phi) is 28.7. The average Bonchev–Trinajstić information content (AvgIpc) is 0.761. The molecule has 0 spiro atoms. The Hall–Kier alpha value is -11.0. The number of nitrogens with two attached hydrogens (primary N) is 1. The van der Waals surface area contributed by atoms with Crippen LogP contribution in [-0.2, 0) is 57.4 Å². The van der Waals surface area contributed by atoms with Crippen LogP contribution in [0, 0.1) is 5.92 Å². The number of aliphatic hydroxyl groups excluding tert-OH is 6. The topological polar surface area (TPSA) is 561 Å². The summed E-state index contributed by atoms with van der Waals surface area (Å²) in [6, 6.07) is 3.62. The first-order chi connectivity index (χ1) is 58.7. The van der Waals surface area contributed by atoms with Crippen molar-refractivity contribution in [1.82, 2.24) is 52.3 Å². The number of benzene rings is 6. The number of likely N-dealkylation sites (N-methyl/N-ethyl adjacent to an activating group) is 1. The molecule has 43 heteroatoms. The van der Waals surface area contributed by atoms with Crippen molar-refractivity contribution in [3.05, 3.63) is 141 Å². The number of aliphatic carboxylic acids is 1. The SMILES string of the molecule is CN[C@H](CC(C)C)C(=O)N[C@H]1C(=O)NC(CC(N)=O)C(=O)NC2C(=O)NC3C(=O)N[C@H](C(=O)N[C@@H](C(=O)O)c4cc(O)cc(O)c4-c4cc3ccc4O)[C@H](O)c3ccc(c(Cl)c3)Oc3cc2cc(c3O[C@@H]2O[C@H](CO)[C@@H](O)[C@H](O)[C@H]2O[C@H]2C[C@](C)(NCCN3CCN(CC(=O)Nc4ccc(OC(F)(F)F)cc4)CC3)[C@H](O)[C@H](C)O2)Oc2ccc(cc2Cl)[C@H]1O. The standard InChI is InChI=1S/C81H93Cl2F3N12O26/c1-34(2)22-47(88-5)72(110)95-63-65(105)37-7-14-51(45(82)24-37)119-53-26-39-27-54(69(53)123-79-70(68(108)67(107)55(33-99)121-79)122-58-31-80(4,71(109)35(3)118-58)89-16-17-97-18-20-98(21-19-97)32-57(104)90-40-9-11-42(12-10-40)124-81(84,85)86)120-52-15-8-38(25-46(52)83)66(106)64-77(115)94-62(78(116)117)44-28-41(100)29-50(102)59(44)43-23-36(6-13-49(43)101)60(74(112)96-64)93-75(113)61(39)92-73(111)48(30-56(87)103)91-76(63)114/h6-15,23-29,34-35,47-48,55,58,60-68,70-71,79,88-89,99-102,105-109H,16-22,30-33H2,1-5H3,(H2,87,103)(H,90,104)(H,91,114)(H,92,111)(H,93,113)(H,94,115)(H,95,110)(H,96,112)(H,116,117)/t35-,47+,48?,55+,58-,60?,61?,62+,63+,64-,65+,66+,67+,68-,70+,71+,79-,80-/m0/s1. The highest BCUT2D eigenvalue weighted by molar-refractivity contribution is 6.32. The van der Waals surface area contributed by atoms with Crippen molar-refractivity contribution >= 4 is 82.1 Å². The number of phenolic OH excluding ortho intramolecular Hbond substituents is 3. The molecule has 8 heterocycles. The first-order valence-electron chi connectivity index (χ1n) is 39.2. The van der Waals surface area contributed by atoms with E-state index in [0.717, 1.165) is 78.9 Å². The van der Waals surface area contributed by atoms with E-state index in [-0.39, 0.29) is 60.0 Å². The van der Waals surface area contributed by atoms with E-state index in [1.807, 2.05) is 18.7 Å². The zero-order valence-corrected chi connectivity index (χ0v) is 68.4. The number of hydrogen-bond acceptors (Lipinski definition) is 29. The van der Waals surface area contributed by atoms with Crippen LogP contribution in [0.3, 0.4) is 0 Å². The van der Waals surface area contributed by atoms with Crippen LogP contribution >= 0.6 is 23.2 Å². The van der Waals surface area contributed by atoms with Gasteiger partial charge in [-0.15, -0.1) is 13.2 Å². The van der Waals surface area contributed by atoms with E-state index in [4.69, 9.17) is 57.4 Å². The van der Waals surface area contributed by atoms with Gasteiger partial charge in [-0.05, 0) is 134 Å². The molecule has 11 bridgehead atoms. The number of carboxylic acid groups (broad SMARTS) is 1. The number of aliphatic hydroxyl groups is 6. The minimum atomic E-state index is -4.90. The summed E-state index contributed by atoms with van der Waals surface area (Å²) in [6.45, 7) is 8.30. The minimum absolute atomic E-state index is 0.0271. The second-order valence-electron chi connectivity index (χ2n) is 31.3. The number of hydrogen-bond donors (Lipinski definition) is 20. The maximum atomic E-state index is 16.2. The number of carboxylic acids is 1. The van der Waals surface area contributed by atoms with Crippen LogP contribution in [-0.4, -0.2) is 259 Å². The number of nitrogens with zero attached hydrogens (tertiary/aromatic N) is 2. The predicted octanol–water partition coefficient (Wildman–Crippen LogP) is 1.89. The molecule has 0 saturated carbocycles. The molecule has 18 atom stereocenters. The zero-order valence-electron chi connectivity index (χ0n) is 66.9. The van der Waals surface area contributed by atoms with Gasteiger partial charge in [0.1, 0.15) is 95.2 Å². The Balaban J connectivity index is 0.953. The number of piperazine rings is 1. The summed E-state index contributed by atoms with van der Waals surface area (Å²) in [5.41, 5.74) is 1.75. The van der Waals surface area contributed by atoms with Crippen LogP contribution in [0.1, 0.15) is 105 Å². The lowest BCUT2D eigenvalue weighted by molar-refractivity contribution is -0.334. The smallest absolute Gasteiger partial charge is 0.508 e. The number of rotatable bonds is 21. The van der Waals surface area contributed by atoms with Crippen LogP contribution in [0.2, 0.25) is 10.0 Å². The van der Waals surface area contributed by atoms with Gasteiger partial charge >= 0.3 is 12.3 Å². The number of carbonyl (C=O) groups is 9. The second-order valence-corrected chi connectivity index (χ2v) is 32.1. The van der Waals surface area contributed by atoms with E-state index in [2.05, 4.69) is 57.5 Å². The molecule has 0 aliphatic carbocycles. The molecule has 6 aromatic rings. The number of carbonyl (C=O) groups excluding carboxylic acids is 8. The number of anilines is 1. The van der Waals surface area contributed by atoms with Gasteiger partial charge in [-0.2, -0.15) is 0 Å². The Morgan fingerprint density at radius 3 is 1.92 bits per heavy atom. The summed E-state index contributed by atoms with van der Waals surface area (Å²) >= 11 is 14.3. The highest BCUT2D eigenvalue weighted by Crippen LogP contribution is 2.50. The molecule has 3 unspecified atom stereocenters. The summed E-state index contributed by atoms with van der Waals surface area (Å²) in [5, 5.41) is 139. The van der Waals surface area contributed by atoms with Crippen molar-refractivity contribution < 1.29 is 141 Å². The summed E-state index contributed by atoms with van der Waals surface area (Å²) in [7, 11) is 1.46. The van der Waals surface area contributed by atoms with Gasteiger partial charge in [-0.3, -0.25) is 48.2 Å². The van der Waals surface area contributed by atoms with Gasteiger partial charge < -0.3 is 138 Å². The quantitative estimate of drug-likeness (QED) is 0.0489. The fourth-order valence-electron chi connectivity index (χ4n) is 15.5. The molecule has 0 radical (unpaired) electrons. The van der Waals surface area contributed by atoms with Crippen molar-refractivity contribution in [1.29, 1.82) is 0 Å². The number of amides is 8. The van der Waals surface area contributed by atoms with Crippen molar-refractivity contribution in [3.8, 4) is 62.9 Å². The lowest BCUT2D eigenvalue weighted by Gasteiger charge is -2.48. The molecule has 38 nitrogen and oxygen atoms in total. The molecule has 8 aliphatic rings. The van der Waals surface area contributed by atoms with Gasteiger partial charge in [0.15, 0.2) is 29.9 Å². The van der Waals surface area contributed by atoms with Crippen molar-refractivity contribution in [3.63, 3.8) is 0 Å². The number of nitrogens with one attached hydrogen (secondary N) is 9. The van der Waals surface area contributed by atoms with Gasteiger partial charge in [0, 0.05) is 79.7 Å². The van der Waals surface area contributed by atoms with E-state index in [1.54, 1.807) is 6.92 Å². The molecular formula is C81H93Cl2F3N12O26. The van der Waals surface area contributed by atoms with Gasteiger partial charge in [0.25, 0.3) is 0 Å². The van der Waals surface area contributed by atoms with Gasteiger partial charge in [0.2, 0.25) is 59.3 Å². The zero-order chi connectivity index (χ0) is 89.8. The molecular weight excluding hydrogens is 1680 g/mol. The van der Waals surface area contributed by atoms with Gasteiger partial charge in [-0.1, -0.05) is 55.2 Å². The summed E-state index contributed by atoms with van der Waals surface area (Å²) in [5.74, 6) is -17.3. The van der Waals surface area contributed by atoms with E-state index < -0.39 is 260 Å². The first kappa shape index (κ1) is 92.2. The molecule has 124 heavy (non-hydrogen) atoms. The largest absolute Gasteiger partial charge is 0.573 e. The number of alkyl halides is 3. The Morgan fingerprint density at radius 1 is 0.702 bits per heavy atom. The Bertz CT molecular complexity index is 5020. The second kappa shape index (κ2) is 38.6. The lowest BCUT2D eigenvalue weighted by Crippen LogP contribution is -2.66. The number of fused-ring (bicyclic) bond motifs is 15. The maximum Gasteiger partial charge on any atom is 0.573 e. The van der Waals surface area contributed by atoms with Gasteiger partial charge in [0.05, 0.1) is 47.9 Å². The highest BCUT2D eigenvalue weighted by atomic mass is 35.5. The predicted molar refractivity (Wildman–Crippen MR) is 428 cm³/mol. The molecule has 6 aromatic carbocycles. The molecule has 3 fully saturated rings. The molecule has 14 rings (SSSR count). The molecule has 21 N–H and O–H groups in total. The van der Waals surface area contributed by atoms with Crippen LogP contribution in [0.15, 0.2) is 103 Å². The summed E-state index contributed by atoms with van der Waals surface area (Å²) < 4.78 is 81.5. The third kappa shape index (κ3) is 21.3. The van der Waals surface area contributed by atoms with Gasteiger partial charge in [-0.25, -0.2) is 4.79 Å². The molecule has 8 amide bonds. The van der Waals surface area contributed by atoms with E-state index >= 15 is 14.4 Å². The van der Waals surface area contributed by atoms with Crippen molar-refractivity contribution in [2.24, 2.45) is 11.7 Å². The fourth-order valence-corrected chi connectivity index (χ4v) is 15.9. The van der Waals surface area contributed by atoms with E-state index in [9.17, 15) is 93.0 Å². The van der Waals surface area contributed by atoms with Crippen molar-refractivity contribution in [2.45, 2.75) is 163 Å². The maximum absolute atomic E-state index is 16.2. The third-order valence-corrected chi connectivity index (χ3v) is 22.5. The number of primary amides is 1. The average molecular weight is 1780 g/mol. The lowest BCUT2D eigenvalue weighted by atomic mass is 9.85. The molecule has 668 valence electrons. The van der Waals surface area contributed by atoms with Crippen molar-refractivity contribution in [2.75, 3.05) is 64.8 Å². The monoisotopic (exact) mass is 1780 g/mol.